The van der Waals surface area contributed by atoms with Gasteiger partial charge in [-0.2, -0.15) is 0 Å². The molecule has 1 rings (SSSR count). The van der Waals surface area contributed by atoms with Gasteiger partial charge >= 0.3 is 7.12 Å². The molecular formula is C7H5BFNO2. The van der Waals surface area contributed by atoms with Gasteiger partial charge in [0.1, 0.15) is 5.82 Å². The van der Waals surface area contributed by atoms with E-state index in [-0.39, 0.29) is 11.2 Å². The molecule has 0 unspecified atom stereocenters. The molecule has 0 heterocycles. The summed E-state index contributed by atoms with van der Waals surface area (Å²) in [5.74, 6) is -0.779. The molecule has 5 heteroatoms. The average Bonchev–Trinajstić information content (AvgIpc) is 2.03. The van der Waals surface area contributed by atoms with Crippen molar-refractivity contribution in [3.63, 3.8) is 0 Å². The first kappa shape index (κ1) is 8.72. The molecule has 60 valence electrons. The molecule has 0 radical (unpaired) electrons. The van der Waals surface area contributed by atoms with E-state index >= 15 is 0 Å². The van der Waals surface area contributed by atoms with Gasteiger partial charge in [0.25, 0.3) is 0 Å². The number of nitrogens with zero attached hydrogens (tertiary/aromatic N) is 1. The van der Waals surface area contributed by atoms with Crippen molar-refractivity contribution in [3.8, 4) is 0 Å². The molecule has 1 aromatic carbocycles. The predicted octanol–water partition coefficient (Wildman–Crippen LogP) is 0.0563. The summed E-state index contributed by atoms with van der Waals surface area (Å²) >= 11 is 0. The van der Waals surface area contributed by atoms with Crippen molar-refractivity contribution in [2.45, 2.75) is 0 Å². The first-order valence-electron chi connectivity index (χ1n) is 3.18. The fourth-order valence-corrected chi connectivity index (χ4v) is 0.795. The summed E-state index contributed by atoms with van der Waals surface area (Å²) in [6.45, 7) is 6.55. The Morgan fingerprint density at radius 2 is 2.08 bits per heavy atom. The molecule has 0 saturated heterocycles. The summed E-state index contributed by atoms with van der Waals surface area (Å²) in [5, 5.41) is 17.2. The monoisotopic (exact) mass is 165 g/mol. The molecule has 0 fully saturated rings. The Kier molecular flexibility index (Phi) is 2.43. The quantitative estimate of drug-likeness (QED) is 0.456. The maximum Gasteiger partial charge on any atom is 0.491 e. The van der Waals surface area contributed by atoms with Crippen LogP contribution in [-0.4, -0.2) is 17.2 Å². The molecule has 0 spiro atoms. The van der Waals surface area contributed by atoms with E-state index in [4.69, 9.17) is 16.6 Å². The SMILES string of the molecule is [C-]#[N+]c1ccc(B(O)O)c(F)c1. The molecule has 0 aliphatic heterocycles. The topological polar surface area (TPSA) is 44.8 Å². The van der Waals surface area contributed by atoms with Crippen molar-refractivity contribution in [2.24, 2.45) is 0 Å². The summed E-state index contributed by atoms with van der Waals surface area (Å²) < 4.78 is 12.8. The van der Waals surface area contributed by atoms with Crippen LogP contribution in [0.2, 0.25) is 0 Å². The minimum atomic E-state index is -1.83. The van der Waals surface area contributed by atoms with Crippen molar-refractivity contribution >= 4 is 18.3 Å². The lowest BCUT2D eigenvalue weighted by Crippen LogP contribution is -2.32. The van der Waals surface area contributed by atoms with Crippen LogP contribution in [0.5, 0.6) is 0 Å². The van der Waals surface area contributed by atoms with E-state index in [1.54, 1.807) is 0 Å². The lowest BCUT2D eigenvalue weighted by Gasteiger charge is -2.00. The Bertz CT molecular complexity index is 335. The molecule has 0 aromatic heterocycles. The average molecular weight is 165 g/mol. The molecule has 0 amide bonds. The van der Waals surface area contributed by atoms with Crippen LogP contribution < -0.4 is 5.46 Å². The van der Waals surface area contributed by atoms with E-state index in [0.717, 1.165) is 6.07 Å². The second kappa shape index (κ2) is 3.35. The highest BCUT2D eigenvalue weighted by Gasteiger charge is 2.15. The van der Waals surface area contributed by atoms with Gasteiger partial charge in [-0.1, -0.05) is 12.1 Å². The summed E-state index contributed by atoms with van der Waals surface area (Å²) in [6.07, 6.45) is 0. The van der Waals surface area contributed by atoms with Crippen LogP contribution in [0.15, 0.2) is 18.2 Å². The fraction of sp³-hybridized carbons (Fsp3) is 0. The Morgan fingerprint density at radius 3 is 2.50 bits per heavy atom. The third-order valence-corrected chi connectivity index (χ3v) is 1.39. The third kappa shape index (κ3) is 1.61. The van der Waals surface area contributed by atoms with Gasteiger partial charge in [-0.05, 0) is 6.07 Å². The molecule has 1 aromatic rings. The van der Waals surface area contributed by atoms with Gasteiger partial charge in [-0.25, -0.2) is 9.24 Å². The molecule has 3 nitrogen and oxygen atoms in total. The van der Waals surface area contributed by atoms with Gasteiger partial charge in [0, 0.05) is 5.46 Å². The molecule has 12 heavy (non-hydrogen) atoms. The molecule has 0 atom stereocenters. The number of hydrogen-bond acceptors (Lipinski definition) is 2. The number of hydrogen-bond donors (Lipinski definition) is 2. The smallest absolute Gasteiger partial charge is 0.423 e. The standard InChI is InChI=1S/C7H5BFNO2/c1-10-5-2-3-6(8(11)12)7(9)4-5/h2-4,11-12H. The van der Waals surface area contributed by atoms with E-state index < -0.39 is 12.9 Å². The largest absolute Gasteiger partial charge is 0.491 e. The van der Waals surface area contributed by atoms with Crippen LogP contribution in [0.4, 0.5) is 10.1 Å². The normalized spacial score (nSPS) is 9.17. The van der Waals surface area contributed by atoms with Crippen LogP contribution in [0.3, 0.4) is 0 Å². The summed E-state index contributed by atoms with van der Waals surface area (Å²) in [4.78, 5) is 2.98. The lowest BCUT2D eigenvalue weighted by molar-refractivity contribution is 0.423. The van der Waals surface area contributed by atoms with Crippen molar-refractivity contribution < 1.29 is 14.4 Å². The van der Waals surface area contributed by atoms with Gasteiger partial charge in [0.2, 0.25) is 0 Å². The summed E-state index contributed by atoms with van der Waals surface area (Å²) in [7, 11) is -1.83. The second-order valence-electron chi connectivity index (χ2n) is 2.19. The molecule has 0 bridgehead atoms. The minimum Gasteiger partial charge on any atom is -0.423 e. The lowest BCUT2D eigenvalue weighted by atomic mass is 9.80. The fourth-order valence-electron chi connectivity index (χ4n) is 0.795. The zero-order chi connectivity index (χ0) is 9.14. The van der Waals surface area contributed by atoms with Crippen molar-refractivity contribution in [3.05, 3.63) is 35.4 Å². The predicted molar refractivity (Wildman–Crippen MR) is 42.5 cm³/mol. The first-order valence-corrected chi connectivity index (χ1v) is 3.18. The Balaban J connectivity index is 3.14. The Hall–Kier alpha value is -1.38. The molecule has 2 N–H and O–H groups in total. The Labute approximate surface area is 69.0 Å². The van der Waals surface area contributed by atoms with Crippen molar-refractivity contribution in [1.29, 1.82) is 0 Å². The highest BCUT2D eigenvalue weighted by molar-refractivity contribution is 6.58. The van der Waals surface area contributed by atoms with E-state index in [9.17, 15) is 4.39 Å². The molecule has 0 aliphatic carbocycles. The molecule has 0 saturated carbocycles. The van der Waals surface area contributed by atoms with Gasteiger partial charge in [0.05, 0.1) is 6.57 Å². The van der Waals surface area contributed by atoms with Crippen LogP contribution in [0, 0.1) is 12.4 Å². The second-order valence-corrected chi connectivity index (χ2v) is 2.19. The zero-order valence-corrected chi connectivity index (χ0v) is 6.03. The molecule has 0 aliphatic rings. The van der Waals surface area contributed by atoms with Crippen molar-refractivity contribution in [1.82, 2.24) is 0 Å². The minimum absolute atomic E-state index is 0.136. The maximum atomic E-state index is 12.8. The van der Waals surface area contributed by atoms with Crippen LogP contribution in [-0.2, 0) is 0 Å². The highest BCUT2D eigenvalue weighted by atomic mass is 19.1. The van der Waals surface area contributed by atoms with E-state index in [1.165, 1.54) is 12.1 Å². The van der Waals surface area contributed by atoms with Crippen LogP contribution >= 0.6 is 0 Å². The van der Waals surface area contributed by atoms with Gasteiger partial charge in [-0.3, -0.25) is 0 Å². The van der Waals surface area contributed by atoms with E-state index in [1.807, 2.05) is 0 Å². The Morgan fingerprint density at radius 1 is 1.42 bits per heavy atom. The third-order valence-electron chi connectivity index (χ3n) is 1.39. The number of halogens is 1. The van der Waals surface area contributed by atoms with Crippen molar-refractivity contribution in [2.75, 3.05) is 0 Å². The van der Waals surface area contributed by atoms with Gasteiger partial charge in [-0.15, -0.1) is 0 Å². The summed E-state index contributed by atoms with van der Waals surface area (Å²) in [5.41, 5.74) is -0.0840. The van der Waals surface area contributed by atoms with E-state index in [0.29, 0.717) is 0 Å². The molecular weight excluding hydrogens is 160 g/mol. The first-order chi connectivity index (χ1) is 5.65. The highest BCUT2D eigenvalue weighted by Crippen LogP contribution is 2.10. The number of benzene rings is 1. The zero-order valence-electron chi connectivity index (χ0n) is 6.03. The van der Waals surface area contributed by atoms with Crippen LogP contribution in [0.1, 0.15) is 0 Å². The number of rotatable bonds is 1. The maximum absolute atomic E-state index is 12.8. The van der Waals surface area contributed by atoms with Gasteiger partial charge in [0.15, 0.2) is 5.69 Å². The summed E-state index contributed by atoms with van der Waals surface area (Å²) in [6, 6.07) is 3.46. The van der Waals surface area contributed by atoms with Gasteiger partial charge < -0.3 is 10.0 Å². The van der Waals surface area contributed by atoms with Crippen LogP contribution in [0.25, 0.3) is 4.85 Å². The van der Waals surface area contributed by atoms with E-state index in [2.05, 4.69) is 4.85 Å².